The smallest absolute Gasteiger partial charge is 0.343 e. The van der Waals surface area contributed by atoms with Crippen molar-refractivity contribution in [3.8, 4) is 11.5 Å². The van der Waals surface area contributed by atoms with Crippen LogP contribution in [0.2, 0.25) is 10.0 Å². The van der Waals surface area contributed by atoms with E-state index in [1.807, 2.05) is 0 Å². The van der Waals surface area contributed by atoms with Crippen molar-refractivity contribution in [1.82, 2.24) is 5.43 Å². The Morgan fingerprint density at radius 2 is 1.77 bits per heavy atom. The molecule has 0 aliphatic rings. The number of nitrogens with one attached hydrogen (secondary N) is 2. The number of esters is 1. The van der Waals surface area contributed by atoms with E-state index in [4.69, 9.17) is 32.7 Å². The van der Waals surface area contributed by atoms with Crippen molar-refractivity contribution in [3.63, 3.8) is 0 Å². The number of anilines is 1. The summed E-state index contributed by atoms with van der Waals surface area (Å²) in [5.74, 6) is -0.981. The first-order valence-electron chi connectivity index (χ1n) is 8.77. The minimum Gasteiger partial charge on any atom is -0.493 e. The quantitative estimate of drug-likeness (QED) is 0.253. The van der Waals surface area contributed by atoms with E-state index in [9.17, 15) is 14.4 Å². The molecule has 0 saturated heterocycles. The zero-order valence-corrected chi connectivity index (χ0v) is 18.1. The molecule has 2 rings (SSSR count). The summed E-state index contributed by atoms with van der Waals surface area (Å²) in [5, 5.41) is 6.98. The third-order valence-electron chi connectivity index (χ3n) is 3.69. The molecule has 0 saturated carbocycles. The molecule has 0 heterocycles. The van der Waals surface area contributed by atoms with Crippen LogP contribution < -0.4 is 20.2 Å². The Bertz CT molecular complexity index is 997. The van der Waals surface area contributed by atoms with Gasteiger partial charge in [-0.05, 0) is 42.0 Å². The first-order chi connectivity index (χ1) is 14.8. The Kier molecular flexibility index (Phi) is 9.11. The summed E-state index contributed by atoms with van der Waals surface area (Å²) in [5.41, 5.74) is 3.26. The van der Waals surface area contributed by atoms with Crippen LogP contribution in [0.3, 0.4) is 0 Å². The maximum atomic E-state index is 11.9. The number of hydrazone groups is 1. The Hall–Kier alpha value is -3.30. The standard InChI is InChI=1S/C20H19Cl2N3O6/c1-29-17-7-12(3-6-16(17)31-11-20(28)30-2)10-23-25-19(27)9-18(26)24-13-4-5-14(21)15(22)8-13/h3-8,10H,9,11H2,1-2H3,(H,24,26)(H,25,27). The molecule has 0 bridgehead atoms. The normalized spacial score (nSPS) is 10.5. The van der Waals surface area contributed by atoms with Gasteiger partial charge in [-0.1, -0.05) is 23.2 Å². The summed E-state index contributed by atoms with van der Waals surface area (Å²) in [6, 6.07) is 9.39. The number of benzene rings is 2. The summed E-state index contributed by atoms with van der Waals surface area (Å²) >= 11 is 11.7. The third-order valence-corrected chi connectivity index (χ3v) is 4.43. The molecular weight excluding hydrogens is 449 g/mol. The van der Waals surface area contributed by atoms with Crippen molar-refractivity contribution >= 4 is 52.9 Å². The summed E-state index contributed by atoms with van der Waals surface area (Å²) in [6.45, 7) is -0.263. The predicted molar refractivity (Wildman–Crippen MR) is 116 cm³/mol. The second-order valence-electron chi connectivity index (χ2n) is 5.92. The van der Waals surface area contributed by atoms with E-state index in [2.05, 4.69) is 20.6 Å². The van der Waals surface area contributed by atoms with Gasteiger partial charge >= 0.3 is 5.97 Å². The Morgan fingerprint density at radius 1 is 1.00 bits per heavy atom. The number of carbonyl (C=O) groups excluding carboxylic acids is 3. The molecule has 0 atom stereocenters. The van der Waals surface area contributed by atoms with Gasteiger partial charge in [0.05, 0.1) is 30.5 Å². The summed E-state index contributed by atoms with van der Waals surface area (Å²) < 4.78 is 15.0. The molecule has 0 spiro atoms. The van der Waals surface area contributed by atoms with Crippen LogP contribution in [-0.4, -0.2) is 44.8 Å². The van der Waals surface area contributed by atoms with Crippen molar-refractivity contribution in [1.29, 1.82) is 0 Å². The lowest BCUT2D eigenvalue weighted by molar-refractivity contribution is -0.143. The van der Waals surface area contributed by atoms with E-state index in [0.717, 1.165) is 0 Å². The van der Waals surface area contributed by atoms with E-state index in [1.165, 1.54) is 32.6 Å². The number of rotatable bonds is 9. The van der Waals surface area contributed by atoms with Gasteiger partial charge < -0.3 is 19.5 Å². The number of amides is 2. The second-order valence-corrected chi connectivity index (χ2v) is 6.74. The Morgan fingerprint density at radius 3 is 2.45 bits per heavy atom. The van der Waals surface area contributed by atoms with Crippen molar-refractivity contribution in [2.24, 2.45) is 5.10 Å². The second kappa shape index (κ2) is 11.8. The fraction of sp³-hybridized carbons (Fsp3) is 0.200. The molecule has 9 nitrogen and oxygen atoms in total. The number of halogens is 2. The van der Waals surface area contributed by atoms with Gasteiger partial charge in [0.25, 0.3) is 0 Å². The van der Waals surface area contributed by atoms with Gasteiger partial charge in [-0.2, -0.15) is 5.10 Å². The number of nitrogens with zero attached hydrogens (tertiary/aromatic N) is 1. The summed E-state index contributed by atoms with van der Waals surface area (Å²) in [7, 11) is 2.70. The zero-order chi connectivity index (χ0) is 22.8. The minimum absolute atomic E-state index is 0.263. The van der Waals surface area contributed by atoms with Gasteiger partial charge in [-0.3, -0.25) is 9.59 Å². The maximum Gasteiger partial charge on any atom is 0.343 e. The highest BCUT2D eigenvalue weighted by molar-refractivity contribution is 6.42. The molecule has 2 aromatic rings. The van der Waals surface area contributed by atoms with Crippen LogP contribution in [0.5, 0.6) is 11.5 Å². The lowest BCUT2D eigenvalue weighted by Crippen LogP contribution is -2.24. The van der Waals surface area contributed by atoms with Crippen LogP contribution in [0.4, 0.5) is 5.69 Å². The molecule has 0 fully saturated rings. The van der Waals surface area contributed by atoms with Crippen molar-refractivity contribution < 1.29 is 28.6 Å². The summed E-state index contributed by atoms with van der Waals surface area (Å²) in [4.78, 5) is 35.0. The van der Waals surface area contributed by atoms with Gasteiger partial charge in [0.1, 0.15) is 6.42 Å². The molecule has 0 radical (unpaired) electrons. The Balaban J connectivity index is 1.87. The molecule has 0 aliphatic carbocycles. The minimum atomic E-state index is -0.612. The van der Waals surface area contributed by atoms with E-state index in [-0.39, 0.29) is 11.6 Å². The van der Waals surface area contributed by atoms with Crippen molar-refractivity contribution in [3.05, 3.63) is 52.0 Å². The maximum absolute atomic E-state index is 11.9. The van der Waals surface area contributed by atoms with E-state index in [0.29, 0.717) is 27.8 Å². The van der Waals surface area contributed by atoms with Crippen LogP contribution in [0.15, 0.2) is 41.5 Å². The molecule has 31 heavy (non-hydrogen) atoms. The van der Waals surface area contributed by atoms with E-state index < -0.39 is 24.2 Å². The number of methoxy groups -OCH3 is 2. The van der Waals surface area contributed by atoms with Gasteiger partial charge in [0.2, 0.25) is 11.8 Å². The third kappa shape index (κ3) is 7.80. The predicted octanol–water partition coefficient (Wildman–Crippen LogP) is 3.03. The number of ether oxygens (including phenoxy) is 3. The number of hydrogen-bond donors (Lipinski definition) is 2. The fourth-order valence-electron chi connectivity index (χ4n) is 2.22. The largest absolute Gasteiger partial charge is 0.493 e. The van der Waals surface area contributed by atoms with Gasteiger partial charge in [0.15, 0.2) is 18.1 Å². The molecule has 0 aromatic heterocycles. The topological polar surface area (TPSA) is 115 Å². The molecule has 2 N–H and O–H groups in total. The molecule has 0 aliphatic heterocycles. The average Bonchev–Trinajstić information content (AvgIpc) is 2.74. The lowest BCUT2D eigenvalue weighted by atomic mass is 10.2. The first-order valence-corrected chi connectivity index (χ1v) is 9.52. The molecule has 2 amide bonds. The van der Waals surface area contributed by atoms with Gasteiger partial charge in [-0.25, -0.2) is 10.2 Å². The van der Waals surface area contributed by atoms with Crippen LogP contribution in [0.25, 0.3) is 0 Å². The fourth-order valence-corrected chi connectivity index (χ4v) is 2.52. The zero-order valence-electron chi connectivity index (χ0n) is 16.6. The van der Waals surface area contributed by atoms with Crippen LogP contribution >= 0.6 is 23.2 Å². The lowest BCUT2D eigenvalue weighted by Gasteiger charge is -2.10. The molecule has 0 unspecified atom stereocenters. The summed E-state index contributed by atoms with van der Waals surface area (Å²) in [6.07, 6.45) is 0.919. The number of carbonyl (C=O) groups is 3. The highest BCUT2D eigenvalue weighted by Gasteiger charge is 2.11. The highest BCUT2D eigenvalue weighted by Crippen LogP contribution is 2.27. The van der Waals surface area contributed by atoms with Crippen LogP contribution in [0, 0.1) is 0 Å². The van der Waals surface area contributed by atoms with Gasteiger partial charge in [0, 0.05) is 5.69 Å². The highest BCUT2D eigenvalue weighted by atomic mass is 35.5. The van der Waals surface area contributed by atoms with E-state index in [1.54, 1.807) is 24.3 Å². The van der Waals surface area contributed by atoms with Gasteiger partial charge in [-0.15, -0.1) is 0 Å². The molecular formula is C20H19Cl2N3O6. The van der Waals surface area contributed by atoms with E-state index >= 15 is 0 Å². The average molecular weight is 468 g/mol. The van der Waals surface area contributed by atoms with Crippen molar-refractivity contribution in [2.45, 2.75) is 6.42 Å². The molecule has 2 aromatic carbocycles. The van der Waals surface area contributed by atoms with Crippen LogP contribution in [0.1, 0.15) is 12.0 Å². The Labute approximate surface area is 188 Å². The SMILES string of the molecule is COC(=O)COc1ccc(C=NNC(=O)CC(=O)Nc2ccc(Cl)c(Cl)c2)cc1OC. The monoisotopic (exact) mass is 467 g/mol. The van der Waals surface area contributed by atoms with Crippen molar-refractivity contribution in [2.75, 3.05) is 26.1 Å². The van der Waals surface area contributed by atoms with Crippen LogP contribution in [-0.2, 0) is 19.1 Å². The molecule has 11 heteroatoms. The molecule has 164 valence electrons. The number of hydrogen-bond acceptors (Lipinski definition) is 7. The first kappa shape index (κ1) is 24.0.